The third kappa shape index (κ3) is 5.92. The van der Waals surface area contributed by atoms with E-state index in [-0.39, 0.29) is 41.2 Å². The molecule has 0 N–H and O–H groups in total. The molecule has 0 heterocycles. The molecule has 21 heavy (non-hydrogen) atoms. The summed E-state index contributed by atoms with van der Waals surface area (Å²) >= 11 is 11.0. The Morgan fingerprint density at radius 3 is 2.48 bits per heavy atom. The van der Waals surface area contributed by atoms with Crippen molar-refractivity contribution in [3.05, 3.63) is 29.3 Å². The Bertz CT molecular complexity index is 539. The maximum Gasteiger partial charge on any atom is 1.00 e. The van der Waals surface area contributed by atoms with Crippen LogP contribution in [0.2, 0.25) is 5.02 Å². The van der Waals surface area contributed by atoms with Crippen LogP contribution in [0.4, 0.5) is 5.69 Å². The molecule has 1 aromatic carbocycles. The number of carbonyl (C=O) groups excluding carboxylic acids is 2. The number of aliphatic imine (C=N–C) groups is 1. The third-order valence-electron chi connectivity index (χ3n) is 2.29. The number of hydrogen-bond acceptors (Lipinski definition) is 6. The molecule has 0 saturated heterocycles. The Hall–Kier alpha value is -0.660. The van der Waals surface area contributed by atoms with Gasteiger partial charge >= 0.3 is 41.5 Å². The standard InChI is InChI=1S/C13H14ClNO4S.Na/c1-3-19-13(17)10(12(16)18-2)11(20)15-9-7-5-4-6-8(9)14;/h4-7,10H,3H2,1-2H3,(H,15,20);/q;+1/p-1. The van der Waals surface area contributed by atoms with Gasteiger partial charge in [0, 0.05) is 0 Å². The molecule has 0 fully saturated rings. The second kappa shape index (κ2) is 10.1. The number of nitrogens with zero attached hydrogens (tertiary/aromatic N) is 1. The van der Waals surface area contributed by atoms with Crippen LogP contribution in [0.15, 0.2) is 29.3 Å². The number of esters is 2. The molecule has 0 amide bonds. The molecule has 0 aromatic heterocycles. The first-order chi connectivity index (χ1) is 9.51. The molecule has 8 heteroatoms. The van der Waals surface area contributed by atoms with E-state index < -0.39 is 17.9 Å². The molecule has 1 aromatic rings. The van der Waals surface area contributed by atoms with Gasteiger partial charge in [0.2, 0.25) is 0 Å². The van der Waals surface area contributed by atoms with E-state index >= 15 is 0 Å². The zero-order valence-electron chi connectivity index (χ0n) is 12.0. The number of carbonyl (C=O) groups is 2. The summed E-state index contributed by atoms with van der Waals surface area (Å²) in [7, 11) is 1.16. The number of hydrogen-bond donors (Lipinski definition) is 0. The van der Waals surface area contributed by atoms with E-state index in [0.29, 0.717) is 10.7 Å². The summed E-state index contributed by atoms with van der Waals surface area (Å²) in [5.74, 6) is -2.98. The van der Waals surface area contributed by atoms with Crippen LogP contribution in [-0.4, -0.2) is 30.7 Å². The summed E-state index contributed by atoms with van der Waals surface area (Å²) < 4.78 is 9.34. The van der Waals surface area contributed by atoms with E-state index in [9.17, 15) is 9.59 Å². The van der Waals surface area contributed by atoms with Crippen molar-refractivity contribution in [2.75, 3.05) is 13.7 Å². The Morgan fingerprint density at radius 1 is 1.33 bits per heavy atom. The molecule has 0 aliphatic carbocycles. The van der Waals surface area contributed by atoms with E-state index in [1.165, 1.54) is 0 Å². The van der Waals surface area contributed by atoms with Gasteiger partial charge in [-0.1, -0.05) is 28.8 Å². The minimum absolute atomic E-state index is 0. The Morgan fingerprint density at radius 2 is 1.95 bits per heavy atom. The quantitative estimate of drug-likeness (QED) is 0.177. The molecule has 108 valence electrons. The van der Waals surface area contributed by atoms with E-state index in [4.69, 9.17) is 29.0 Å². The van der Waals surface area contributed by atoms with Gasteiger partial charge in [-0.25, -0.2) is 0 Å². The predicted molar refractivity (Wildman–Crippen MR) is 78.1 cm³/mol. The summed E-state index contributed by atoms with van der Waals surface area (Å²) in [4.78, 5) is 27.4. The Labute approximate surface area is 155 Å². The molecule has 1 atom stereocenters. The number of benzene rings is 1. The maximum absolute atomic E-state index is 11.8. The van der Waals surface area contributed by atoms with Crippen LogP contribution in [0, 0.1) is 5.92 Å². The van der Waals surface area contributed by atoms with Gasteiger partial charge in [-0.3, -0.25) is 14.6 Å². The van der Waals surface area contributed by atoms with E-state index in [2.05, 4.69) is 9.73 Å². The monoisotopic (exact) mass is 337 g/mol. The third-order valence-corrected chi connectivity index (χ3v) is 2.94. The second-order valence-electron chi connectivity index (χ2n) is 3.61. The van der Waals surface area contributed by atoms with Crippen molar-refractivity contribution >= 4 is 46.9 Å². The molecule has 0 bridgehead atoms. The van der Waals surface area contributed by atoms with Crippen LogP contribution in [0.3, 0.4) is 0 Å². The number of para-hydroxylation sites is 1. The first kappa shape index (κ1) is 20.3. The fourth-order valence-electron chi connectivity index (χ4n) is 1.37. The summed E-state index contributed by atoms with van der Waals surface area (Å²) in [5, 5.41) is 0.214. The summed E-state index contributed by atoms with van der Waals surface area (Å²) in [6.07, 6.45) is 0. The summed E-state index contributed by atoms with van der Waals surface area (Å²) in [6.45, 7) is 1.75. The predicted octanol–water partition coefficient (Wildman–Crippen LogP) is -0.727. The summed E-state index contributed by atoms with van der Waals surface area (Å²) in [6, 6.07) is 6.69. The van der Waals surface area contributed by atoms with Crippen molar-refractivity contribution in [3.8, 4) is 0 Å². The van der Waals surface area contributed by atoms with Gasteiger partial charge in [-0.15, -0.1) is 0 Å². The van der Waals surface area contributed by atoms with Crippen molar-refractivity contribution < 1.29 is 48.6 Å². The molecular formula is C13H13ClNNaO4S. The first-order valence-electron chi connectivity index (χ1n) is 5.75. The largest absolute Gasteiger partial charge is 1.00 e. The zero-order valence-corrected chi connectivity index (χ0v) is 15.5. The average Bonchev–Trinajstić information content (AvgIpc) is 2.41. The maximum atomic E-state index is 11.8. The molecule has 0 aliphatic heterocycles. The van der Waals surface area contributed by atoms with Crippen molar-refractivity contribution in [3.63, 3.8) is 0 Å². The molecule has 1 rings (SSSR count). The van der Waals surface area contributed by atoms with Gasteiger partial charge in [0.1, 0.15) is 0 Å². The van der Waals surface area contributed by atoms with Crippen molar-refractivity contribution in [1.29, 1.82) is 0 Å². The van der Waals surface area contributed by atoms with Gasteiger partial charge in [0.25, 0.3) is 0 Å². The van der Waals surface area contributed by atoms with Gasteiger partial charge in [-0.2, -0.15) is 0 Å². The topological polar surface area (TPSA) is 65.0 Å². The van der Waals surface area contributed by atoms with Crippen molar-refractivity contribution in [2.24, 2.45) is 10.9 Å². The molecule has 1 unspecified atom stereocenters. The summed E-state index contributed by atoms with van der Waals surface area (Å²) in [5.41, 5.74) is 0.373. The minimum atomic E-state index is -1.37. The van der Waals surface area contributed by atoms with Gasteiger partial charge in [-0.05, 0) is 19.1 Å². The van der Waals surface area contributed by atoms with Gasteiger partial charge in [0.05, 0.1) is 24.4 Å². The fraction of sp³-hybridized carbons (Fsp3) is 0.308. The van der Waals surface area contributed by atoms with Crippen molar-refractivity contribution in [1.82, 2.24) is 0 Å². The van der Waals surface area contributed by atoms with Gasteiger partial charge in [0.15, 0.2) is 5.92 Å². The van der Waals surface area contributed by atoms with Gasteiger partial charge < -0.3 is 22.1 Å². The van der Waals surface area contributed by atoms with Crippen LogP contribution >= 0.6 is 11.6 Å². The van der Waals surface area contributed by atoms with Crippen LogP contribution in [0.5, 0.6) is 0 Å². The number of ether oxygens (including phenoxy) is 2. The average molecular weight is 338 g/mol. The molecule has 5 nitrogen and oxygen atoms in total. The zero-order chi connectivity index (χ0) is 15.1. The Balaban J connectivity index is 0.00000400. The molecular weight excluding hydrogens is 325 g/mol. The van der Waals surface area contributed by atoms with E-state index in [1.54, 1.807) is 31.2 Å². The molecule has 0 aliphatic rings. The Kier molecular flexibility index (Phi) is 9.81. The van der Waals surface area contributed by atoms with E-state index in [1.807, 2.05) is 0 Å². The van der Waals surface area contributed by atoms with Crippen LogP contribution in [-0.2, 0) is 31.7 Å². The van der Waals surface area contributed by atoms with Crippen LogP contribution in [0.1, 0.15) is 6.92 Å². The minimum Gasteiger partial charge on any atom is -0.763 e. The SMILES string of the molecule is CCOC(=O)C(C(=O)OC)C([S-])=Nc1ccccc1Cl.[Na+]. The van der Waals surface area contributed by atoms with Crippen molar-refractivity contribution in [2.45, 2.75) is 6.92 Å². The molecule has 0 saturated carbocycles. The first-order valence-corrected chi connectivity index (χ1v) is 6.54. The molecule has 0 spiro atoms. The van der Waals surface area contributed by atoms with Crippen LogP contribution in [0.25, 0.3) is 0 Å². The van der Waals surface area contributed by atoms with E-state index in [0.717, 1.165) is 7.11 Å². The van der Waals surface area contributed by atoms with Crippen LogP contribution < -0.4 is 29.6 Å². The smallest absolute Gasteiger partial charge is 0.763 e. The molecule has 0 radical (unpaired) electrons. The normalized spacial score (nSPS) is 12.0. The number of halogens is 1. The second-order valence-corrected chi connectivity index (χ2v) is 4.44. The number of rotatable bonds is 5. The number of methoxy groups -OCH3 is 1. The fourth-order valence-corrected chi connectivity index (χ4v) is 1.84.